The fourth-order valence-electron chi connectivity index (χ4n) is 2.27. The summed E-state index contributed by atoms with van der Waals surface area (Å²) in [5, 5.41) is 4.47. The molecule has 0 aliphatic heterocycles. The van der Waals surface area contributed by atoms with E-state index in [-0.39, 0.29) is 6.04 Å². The second-order valence-electron chi connectivity index (χ2n) is 4.49. The van der Waals surface area contributed by atoms with Crippen molar-refractivity contribution in [3.05, 3.63) is 10.5 Å². The van der Waals surface area contributed by atoms with E-state index in [1.807, 2.05) is 23.1 Å². The Bertz CT molecular complexity index is 652. The maximum atomic E-state index is 11.4. The molecule has 1 N–H and O–H groups in total. The van der Waals surface area contributed by atoms with Gasteiger partial charge in [-0.3, -0.25) is 8.78 Å². The van der Waals surface area contributed by atoms with Crippen molar-refractivity contribution in [3.8, 4) is 0 Å². The van der Waals surface area contributed by atoms with Crippen LogP contribution in [0, 0.1) is 11.7 Å². The van der Waals surface area contributed by atoms with Gasteiger partial charge in [0.2, 0.25) is 0 Å². The first kappa shape index (κ1) is 13.5. The number of nitrogens with one attached hydrogen (secondary N) is 1. The molecule has 100 valence electrons. The van der Waals surface area contributed by atoms with Crippen molar-refractivity contribution < 1.29 is 4.21 Å². The number of aryl methyl sites for hydroxylation is 2. The number of hydrogen-bond donors (Lipinski definition) is 1. The van der Waals surface area contributed by atoms with Crippen molar-refractivity contribution in [1.82, 2.24) is 19.3 Å². The molecule has 0 spiro atoms. The molecule has 0 radical (unpaired) electrons. The van der Waals surface area contributed by atoms with E-state index in [0.29, 0.717) is 10.5 Å². The number of aromatic nitrogens is 4. The zero-order valence-electron chi connectivity index (χ0n) is 11.1. The second kappa shape index (κ2) is 4.97. The SMILES string of the molecule is CCn1nc(C)c2[nH]c(=S)n(C(C)CS(C)=O)c21. The van der Waals surface area contributed by atoms with Gasteiger partial charge in [0.15, 0.2) is 10.4 Å². The van der Waals surface area contributed by atoms with Gasteiger partial charge in [-0.05, 0) is 33.0 Å². The van der Waals surface area contributed by atoms with Crippen LogP contribution in [0.5, 0.6) is 0 Å². The van der Waals surface area contributed by atoms with E-state index in [1.165, 1.54) is 0 Å². The Morgan fingerprint density at radius 1 is 1.56 bits per heavy atom. The van der Waals surface area contributed by atoms with Gasteiger partial charge < -0.3 is 4.98 Å². The quantitative estimate of drug-likeness (QED) is 0.876. The average molecular weight is 286 g/mol. The minimum atomic E-state index is -0.844. The van der Waals surface area contributed by atoms with Crippen LogP contribution in [0.3, 0.4) is 0 Å². The smallest absolute Gasteiger partial charge is 0.179 e. The summed E-state index contributed by atoms with van der Waals surface area (Å²) in [5.74, 6) is 0.592. The zero-order valence-corrected chi connectivity index (χ0v) is 12.7. The number of rotatable bonds is 4. The number of imidazole rings is 1. The summed E-state index contributed by atoms with van der Waals surface area (Å²) in [6, 6.07) is 0.0958. The van der Waals surface area contributed by atoms with E-state index >= 15 is 0 Å². The number of H-pyrrole nitrogens is 1. The maximum absolute atomic E-state index is 11.4. The minimum Gasteiger partial charge on any atom is -0.328 e. The van der Waals surface area contributed by atoms with Crippen LogP contribution in [-0.2, 0) is 17.3 Å². The molecule has 0 aliphatic carbocycles. The molecule has 2 aromatic heterocycles. The lowest BCUT2D eigenvalue weighted by atomic mass is 10.4. The first-order valence-electron chi connectivity index (χ1n) is 5.93. The zero-order chi connectivity index (χ0) is 13.4. The Morgan fingerprint density at radius 3 is 2.78 bits per heavy atom. The molecule has 0 aromatic carbocycles. The third-order valence-corrected chi connectivity index (χ3v) is 4.25. The molecule has 18 heavy (non-hydrogen) atoms. The summed E-state index contributed by atoms with van der Waals surface area (Å²) in [4.78, 5) is 3.20. The molecular weight excluding hydrogens is 268 g/mol. The van der Waals surface area contributed by atoms with Crippen LogP contribution < -0.4 is 0 Å². The van der Waals surface area contributed by atoms with Gasteiger partial charge in [0.25, 0.3) is 0 Å². The largest absolute Gasteiger partial charge is 0.328 e. The van der Waals surface area contributed by atoms with E-state index in [9.17, 15) is 4.21 Å². The second-order valence-corrected chi connectivity index (χ2v) is 6.36. The Hall–Kier alpha value is -0.950. The van der Waals surface area contributed by atoms with Crippen LogP contribution in [0.25, 0.3) is 11.2 Å². The van der Waals surface area contributed by atoms with E-state index in [0.717, 1.165) is 23.4 Å². The standard InChI is InChI=1S/C11H18N4OS2/c1-5-14-10-9(8(3)13-14)12-11(17)15(10)7(2)6-18(4)16/h7H,5-6H2,1-4H3,(H,12,17). The molecule has 7 heteroatoms. The first-order chi connectivity index (χ1) is 8.45. The lowest BCUT2D eigenvalue weighted by molar-refractivity contribution is 0.572. The third-order valence-electron chi connectivity index (χ3n) is 3.00. The molecule has 0 saturated heterocycles. The highest BCUT2D eigenvalue weighted by Crippen LogP contribution is 2.22. The Balaban J connectivity index is 2.65. The van der Waals surface area contributed by atoms with Gasteiger partial charge in [-0.2, -0.15) is 5.10 Å². The molecule has 2 heterocycles. The monoisotopic (exact) mass is 286 g/mol. The highest BCUT2D eigenvalue weighted by Gasteiger charge is 2.18. The van der Waals surface area contributed by atoms with Gasteiger partial charge in [-0.1, -0.05) is 0 Å². The summed E-state index contributed by atoms with van der Waals surface area (Å²) < 4.78 is 16.0. The Kier molecular flexibility index (Phi) is 3.72. The van der Waals surface area contributed by atoms with Crippen LogP contribution in [0.4, 0.5) is 0 Å². The molecule has 2 rings (SSSR count). The average Bonchev–Trinajstić information content (AvgIpc) is 2.75. The van der Waals surface area contributed by atoms with Crippen molar-refractivity contribution in [3.63, 3.8) is 0 Å². The number of fused-ring (bicyclic) bond motifs is 1. The van der Waals surface area contributed by atoms with Gasteiger partial charge in [-0.25, -0.2) is 4.68 Å². The number of aromatic amines is 1. The van der Waals surface area contributed by atoms with Crippen molar-refractivity contribution in [1.29, 1.82) is 0 Å². The lowest BCUT2D eigenvalue weighted by Crippen LogP contribution is -2.15. The van der Waals surface area contributed by atoms with Crippen LogP contribution >= 0.6 is 12.2 Å². The molecule has 0 fully saturated rings. The van der Waals surface area contributed by atoms with Gasteiger partial charge in [0.1, 0.15) is 5.52 Å². The number of nitrogens with zero attached hydrogens (tertiary/aromatic N) is 3. The van der Waals surface area contributed by atoms with Gasteiger partial charge in [0, 0.05) is 35.4 Å². The Labute approximate surface area is 114 Å². The fourth-order valence-corrected chi connectivity index (χ4v) is 3.46. The first-order valence-corrected chi connectivity index (χ1v) is 8.06. The molecule has 0 bridgehead atoms. The van der Waals surface area contributed by atoms with E-state index < -0.39 is 10.8 Å². The van der Waals surface area contributed by atoms with Crippen molar-refractivity contribution in [2.75, 3.05) is 12.0 Å². The predicted octanol–water partition coefficient (Wildman–Crippen LogP) is 2.16. The molecule has 5 nitrogen and oxygen atoms in total. The minimum absolute atomic E-state index is 0.0958. The maximum Gasteiger partial charge on any atom is 0.179 e. The number of hydrogen-bond acceptors (Lipinski definition) is 3. The molecule has 0 amide bonds. The Morgan fingerprint density at radius 2 is 2.22 bits per heavy atom. The molecule has 0 aliphatic rings. The summed E-state index contributed by atoms with van der Waals surface area (Å²) in [6.45, 7) is 6.84. The summed E-state index contributed by atoms with van der Waals surface area (Å²) >= 11 is 5.37. The van der Waals surface area contributed by atoms with Gasteiger partial charge in [0.05, 0.1) is 5.69 Å². The van der Waals surface area contributed by atoms with Gasteiger partial charge >= 0.3 is 0 Å². The van der Waals surface area contributed by atoms with Crippen molar-refractivity contribution >= 4 is 34.2 Å². The fraction of sp³-hybridized carbons (Fsp3) is 0.636. The van der Waals surface area contributed by atoms with Crippen LogP contribution in [-0.4, -0.2) is 35.5 Å². The molecule has 2 aromatic rings. The van der Waals surface area contributed by atoms with Gasteiger partial charge in [-0.15, -0.1) is 0 Å². The summed E-state index contributed by atoms with van der Waals surface area (Å²) in [6.07, 6.45) is 1.71. The topological polar surface area (TPSA) is 55.6 Å². The van der Waals surface area contributed by atoms with Crippen LogP contribution in [0.15, 0.2) is 0 Å². The normalized spacial score (nSPS) is 15.1. The molecular formula is C11H18N4OS2. The van der Waals surface area contributed by atoms with Crippen LogP contribution in [0.2, 0.25) is 0 Å². The summed E-state index contributed by atoms with van der Waals surface area (Å²) in [7, 11) is -0.844. The summed E-state index contributed by atoms with van der Waals surface area (Å²) in [5.41, 5.74) is 2.93. The van der Waals surface area contributed by atoms with E-state index in [1.54, 1.807) is 6.26 Å². The highest BCUT2D eigenvalue weighted by molar-refractivity contribution is 7.84. The molecule has 0 saturated carbocycles. The lowest BCUT2D eigenvalue weighted by Gasteiger charge is -2.13. The van der Waals surface area contributed by atoms with Crippen molar-refractivity contribution in [2.24, 2.45) is 0 Å². The molecule has 2 unspecified atom stereocenters. The predicted molar refractivity (Wildman–Crippen MR) is 77.0 cm³/mol. The third kappa shape index (κ3) is 2.16. The van der Waals surface area contributed by atoms with Crippen molar-refractivity contribution in [2.45, 2.75) is 33.4 Å². The van der Waals surface area contributed by atoms with E-state index in [4.69, 9.17) is 12.2 Å². The van der Waals surface area contributed by atoms with Crippen LogP contribution in [0.1, 0.15) is 25.6 Å². The highest BCUT2D eigenvalue weighted by atomic mass is 32.2. The van der Waals surface area contributed by atoms with E-state index in [2.05, 4.69) is 17.0 Å². The molecule has 2 atom stereocenters.